The van der Waals surface area contributed by atoms with Crippen LogP contribution in [-0.2, 0) is 0 Å². The third-order valence-corrected chi connectivity index (χ3v) is 2.80. The van der Waals surface area contributed by atoms with Crippen LogP contribution in [-0.4, -0.2) is 10.1 Å². The van der Waals surface area contributed by atoms with Crippen molar-refractivity contribution >= 4 is 5.69 Å². The lowest BCUT2D eigenvalue weighted by Gasteiger charge is -2.15. The molecule has 90 valence electrons. The summed E-state index contributed by atoms with van der Waals surface area (Å²) in [5.41, 5.74) is 4.12. The largest absolute Gasteiger partial charge is 0.378 e. The van der Waals surface area contributed by atoms with E-state index < -0.39 is 0 Å². The molecule has 0 aliphatic heterocycles. The molecule has 0 aromatic carbocycles. The topological polar surface area (TPSA) is 51.0 Å². The van der Waals surface area contributed by atoms with Crippen LogP contribution in [0.3, 0.4) is 0 Å². The van der Waals surface area contributed by atoms with Crippen molar-refractivity contribution in [2.45, 2.75) is 33.7 Å². The molecule has 0 aliphatic rings. The van der Waals surface area contributed by atoms with Crippen molar-refractivity contribution in [1.82, 2.24) is 10.1 Å². The monoisotopic (exact) mass is 231 g/mol. The molecule has 0 fully saturated rings. The van der Waals surface area contributed by atoms with E-state index in [0.717, 1.165) is 28.4 Å². The molecule has 0 amide bonds. The maximum absolute atomic E-state index is 5.18. The third kappa shape index (κ3) is 2.46. The molecule has 0 saturated carbocycles. The van der Waals surface area contributed by atoms with Gasteiger partial charge in [-0.2, -0.15) is 0 Å². The van der Waals surface area contributed by atoms with Gasteiger partial charge in [-0.3, -0.25) is 4.98 Å². The molecule has 0 saturated heterocycles. The van der Waals surface area contributed by atoms with Gasteiger partial charge in [0.1, 0.15) is 5.76 Å². The Morgan fingerprint density at radius 1 is 1.29 bits per heavy atom. The lowest BCUT2D eigenvalue weighted by Crippen LogP contribution is -2.08. The molecule has 2 aromatic heterocycles. The van der Waals surface area contributed by atoms with E-state index >= 15 is 0 Å². The van der Waals surface area contributed by atoms with Gasteiger partial charge in [0.25, 0.3) is 0 Å². The minimum absolute atomic E-state index is 0.169. The summed E-state index contributed by atoms with van der Waals surface area (Å²) >= 11 is 0. The van der Waals surface area contributed by atoms with Crippen LogP contribution >= 0.6 is 0 Å². The van der Waals surface area contributed by atoms with E-state index in [0.29, 0.717) is 0 Å². The standard InChI is InChI=1S/C13H17N3O/c1-8-7-12(5-6-14-8)15-9(2)13-10(3)16-17-11(13)4/h5-7,9H,1-4H3,(H,14,15). The maximum Gasteiger partial charge on any atom is 0.139 e. The van der Waals surface area contributed by atoms with Crippen molar-refractivity contribution in [3.8, 4) is 0 Å². The first-order chi connectivity index (χ1) is 8.08. The Kier molecular flexibility index (Phi) is 3.13. The van der Waals surface area contributed by atoms with Gasteiger partial charge < -0.3 is 9.84 Å². The fourth-order valence-corrected chi connectivity index (χ4v) is 2.07. The van der Waals surface area contributed by atoms with Crippen LogP contribution in [0, 0.1) is 20.8 Å². The van der Waals surface area contributed by atoms with Gasteiger partial charge in [0, 0.05) is 23.1 Å². The number of nitrogens with zero attached hydrogens (tertiary/aromatic N) is 2. The van der Waals surface area contributed by atoms with E-state index in [9.17, 15) is 0 Å². The van der Waals surface area contributed by atoms with Gasteiger partial charge in [-0.25, -0.2) is 0 Å². The average Bonchev–Trinajstić information content (AvgIpc) is 2.58. The average molecular weight is 231 g/mol. The quantitative estimate of drug-likeness (QED) is 0.881. The van der Waals surface area contributed by atoms with E-state index in [4.69, 9.17) is 4.52 Å². The molecule has 17 heavy (non-hydrogen) atoms. The smallest absolute Gasteiger partial charge is 0.139 e. The normalized spacial score (nSPS) is 12.5. The molecule has 0 aliphatic carbocycles. The lowest BCUT2D eigenvalue weighted by molar-refractivity contribution is 0.392. The third-order valence-electron chi connectivity index (χ3n) is 2.80. The summed E-state index contributed by atoms with van der Waals surface area (Å²) < 4.78 is 5.18. The first-order valence-electron chi connectivity index (χ1n) is 5.70. The van der Waals surface area contributed by atoms with Crippen molar-refractivity contribution in [3.05, 3.63) is 41.0 Å². The summed E-state index contributed by atoms with van der Waals surface area (Å²) in [6.07, 6.45) is 1.80. The fraction of sp³-hybridized carbons (Fsp3) is 0.385. The summed E-state index contributed by atoms with van der Waals surface area (Å²) in [7, 11) is 0. The van der Waals surface area contributed by atoms with E-state index in [2.05, 4.69) is 22.4 Å². The van der Waals surface area contributed by atoms with Crippen molar-refractivity contribution in [3.63, 3.8) is 0 Å². The lowest BCUT2D eigenvalue weighted by atomic mass is 10.1. The Hall–Kier alpha value is -1.84. The molecule has 2 aromatic rings. The van der Waals surface area contributed by atoms with Crippen LogP contribution in [0.15, 0.2) is 22.9 Å². The number of aryl methyl sites for hydroxylation is 3. The molecule has 4 heteroatoms. The van der Waals surface area contributed by atoms with Crippen LogP contribution in [0.4, 0.5) is 5.69 Å². The molecule has 1 atom stereocenters. The van der Waals surface area contributed by atoms with Gasteiger partial charge in [0.15, 0.2) is 0 Å². The zero-order chi connectivity index (χ0) is 12.4. The Balaban J connectivity index is 2.20. The number of anilines is 1. The Morgan fingerprint density at radius 2 is 2.06 bits per heavy atom. The second-order valence-corrected chi connectivity index (χ2v) is 4.29. The fourth-order valence-electron chi connectivity index (χ4n) is 2.07. The molecule has 2 heterocycles. The summed E-state index contributed by atoms with van der Waals surface area (Å²) in [6.45, 7) is 7.97. The summed E-state index contributed by atoms with van der Waals surface area (Å²) in [4.78, 5) is 4.17. The molecule has 0 spiro atoms. The number of pyridine rings is 1. The summed E-state index contributed by atoms with van der Waals surface area (Å²) in [5, 5.41) is 7.40. The van der Waals surface area contributed by atoms with E-state index in [1.165, 1.54) is 0 Å². The summed E-state index contributed by atoms with van der Waals surface area (Å²) in [5.74, 6) is 0.869. The minimum Gasteiger partial charge on any atom is -0.378 e. The van der Waals surface area contributed by atoms with Crippen molar-refractivity contribution in [1.29, 1.82) is 0 Å². The van der Waals surface area contributed by atoms with Crippen LogP contribution in [0.1, 0.15) is 35.7 Å². The summed E-state index contributed by atoms with van der Waals surface area (Å²) in [6, 6.07) is 4.15. The second-order valence-electron chi connectivity index (χ2n) is 4.29. The number of rotatable bonds is 3. The van der Waals surface area contributed by atoms with E-state index in [-0.39, 0.29) is 6.04 Å². The van der Waals surface area contributed by atoms with Gasteiger partial charge in [-0.05, 0) is 39.8 Å². The predicted molar refractivity (Wildman–Crippen MR) is 67.0 cm³/mol. The Labute approximate surface area is 101 Å². The highest BCUT2D eigenvalue weighted by Gasteiger charge is 2.16. The molecule has 1 unspecified atom stereocenters. The Morgan fingerprint density at radius 3 is 2.65 bits per heavy atom. The van der Waals surface area contributed by atoms with Crippen LogP contribution in [0.2, 0.25) is 0 Å². The van der Waals surface area contributed by atoms with Crippen LogP contribution < -0.4 is 5.32 Å². The molecular weight excluding hydrogens is 214 g/mol. The highest BCUT2D eigenvalue weighted by atomic mass is 16.5. The zero-order valence-corrected chi connectivity index (χ0v) is 10.6. The molecule has 0 radical (unpaired) electrons. The highest BCUT2D eigenvalue weighted by Crippen LogP contribution is 2.24. The Bertz CT molecular complexity index is 500. The SMILES string of the molecule is Cc1cc(NC(C)c2c(C)noc2C)ccn1. The van der Waals surface area contributed by atoms with E-state index in [1.807, 2.05) is 32.9 Å². The van der Waals surface area contributed by atoms with Gasteiger partial charge in [-0.1, -0.05) is 5.16 Å². The first kappa shape index (κ1) is 11.6. The van der Waals surface area contributed by atoms with Gasteiger partial charge in [0.2, 0.25) is 0 Å². The maximum atomic E-state index is 5.18. The number of nitrogens with one attached hydrogen (secondary N) is 1. The van der Waals surface area contributed by atoms with E-state index in [1.54, 1.807) is 6.20 Å². The highest BCUT2D eigenvalue weighted by molar-refractivity contribution is 5.46. The zero-order valence-electron chi connectivity index (χ0n) is 10.6. The van der Waals surface area contributed by atoms with Crippen molar-refractivity contribution < 1.29 is 4.52 Å². The molecule has 2 rings (SSSR count). The number of hydrogen-bond acceptors (Lipinski definition) is 4. The molecular formula is C13H17N3O. The van der Waals surface area contributed by atoms with Gasteiger partial charge in [0.05, 0.1) is 11.7 Å². The molecule has 1 N–H and O–H groups in total. The molecule has 0 bridgehead atoms. The minimum atomic E-state index is 0.169. The van der Waals surface area contributed by atoms with Crippen LogP contribution in [0.5, 0.6) is 0 Å². The van der Waals surface area contributed by atoms with Crippen molar-refractivity contribution in [2.24, 2.45) is 0 Å². The first-order valence-corrected chi connectivity index (χ1v) is 5.70. The molecule has 4 nitrogen and oxygen atoms in total. The predicted octanol–water partition coefficient (Wildman–Crippen LogP) is 3.17. The van der Waals surface area contributed by atoms with Crippen LogP contribution in [0.25, 0.3) is 0 Å². The number of aromatic nitrogens is 2. The second kappa shape index (κ2) is 4.57. The van der Waals surface area contributed by atoms with Gasteiger partial charge in [-0.15, -0.1) is 0 Å². The number of hydrogen-bond donors (Lipinski definition) is 1. The van der Waals surface area contributed by atoms with Crippen molar-refractivity contribution in [2.75, 3.05) is 5.32 Å². The van der Waals surface area contributed by atoms with Gasteiger partial charge >= 0.3 is 0 Å².